The molecule has 0 amide bonds. The van der Waals surface area contributed by atoms with E-state index in [0.717, 1.165) is 23.3 Å². The van der Waals surface area contributed by atoms with Crippen molar-refractivity contribution in [2.45, 2.75) is 25.4 Å². The molecule has 1 atom stereocenters. The summed E-state index contributed by atoms with van der Waals surface area (Å²) in [4.78, 5) is 0. The number of rotatable bonds is 5. The van der Waals surface area contributed by atoms with Crippen LogP contribution in [0.1, 0.15) is 18.4 Å². The summed E-state index contributed by atoms with van der Waals surface area (Å²) in [7, 11) is 1.68. The highest BCUT2D eigenvalue weighted by Crippen LogP contribution is 2.25. The largest absolute Gasteiger partial charge is 0.496 e. The van der Waals surface area contributed by atoms with Crippen molar-refractivity contribution in [2.75, 3.05) is 20.2 Å². The van der Waals surface area contributed by atoms with Crippen LogP contribution < -0.4 is 15.4 Å². The molecule has 0 spiro atoms. The van der Waals surface area contributed by atoms with Crippen LogP contribution in [-0.2, 0) is 6.54 Å². The maximum Gasteiger partial charge on any atom is 0.133 e. The zero-order valence-electron chi connectivity index (χ0n) is 10.1. The maximum atomic E-state index is 5.21. The van der Waals surface area contributed by atoms with Gasteiger partial charge in [0.15, 0.2) is 0 Å². The first-order chi connectivity index (χ1) is 8.29. The molecule has 0 bridgehead atoms. The summed E-state index contributed by atoms with van der Waals surface area (Å²) in [5, 5.41) is 6.96. The lowest BCUT2D eigenvalue weighted by Gasteiger charge is -2.12. The number of hydrogen-bond acceptors (Lipinski definition) is 3. The Morgan fingerprint density at radius 2 is 2.41 bits per heavy atom. The zero-order valence-corrected chi connectivity index (χ0v) is 11.7. The lowest BCUT2D eigenvalue weighted by molar-refractivity contribution is 0.412. The van der Waals surface area contributed by atoms with Crippen molar-refractivity contribution < 1.29 is 4.74 Å². The van der Waals surface area contributed by atoms with Crippen molar-refractivity contribution in [2.24, 2.45) is 0 Å². The average molecular weight is 299 g/mol. The van der Waals surface area contributed by atoms with Gasteiger partial charge in [-0.25, -0.2) is 0 Å². The number of hydrogen-bond donors (Lipinski definition) is 2. The molecule has 2 N–H and O–H groups in total. The minimum absolute atomic E-state index is 0.650. The van der Waals surface area contributed by atoms with Crippen molar-refractivity contribution in [3.8, 4) is 5.75 Å². The molecule has 4 heteroatoms. The van der Waals surface area contributed by atoms with Crippen LogP contribution in [0.4, 0.5) is 0 Å². The van der Waals surface area contributed by atoms with Gasteiger partial charge < -0.3 is 15.4 Å². The molecule has 1 heterocycles. The Balaban J connectivity index is 1.80. The Morgan fingerprint density at radius 3 is 3.06 bits per heavy atom. The number of nitrogens with one attached hydrogen (secondary N) is 2. The molecule has 1 aliphatic heterocycles. The van der Waals surface area contributed by atoms with Gasteiger partial charge in [-0.1, -0.05) is 6.07 Å². The van der Waals surface area contributed by atoms with Crippen LogP contribution in [0.2, 0.25) is 0 Å². The van der Waals surface area contributed by atoms with Gasteiger partial charge in [0.1, 0.15) is 5.75 Å². The summed E-state index contributed by atoms with van der Waals surface area (Å²) in [5.41, 5.74) is 1.27. The van der Waals surface area contributed by atoms with Gasteiger partial charge >= 0.3 is 0 Å². The van der Waals surface area contributed by atoms with E-state index < -0.39 is 0 Å². The third-order valence-electron chi connectivity index (χ3n) is 3.10. The number of ether oxygens (including phenoxy) is 1. The molecule has 3 nitrogen and oxygen atoms in total. The number of methoxy groups -OCH3 is 1. The molecule has 94 valence electrons. The molecule has 17 heavy (non-hydrogen) atoms. The topological polar surface area (TPSA) is 33.3 Å². The Bertz CT molecular complexity index is 364. The Morgan fingerprint density at radius 1 is 1.53 bits per heavy atom. The molecule has 0 aromatic heterocycles. The van der Waals surface area contributed by atoms with E-state index in [4.69, 9.17) is 4.74 Å². The number of benzene rings is 1. The lowest BCUT2D eigenvalue weighted by Crippen LogP contribution is -2.33. The quantitative estimate of drug-likeness (QED) is 0.875. The molecule has 1 aliphatic rings. The fourth-order valence-corrected chi connectivity index (χ4v) is 2.73. The van der Waals surface area contributed by atoms with E-state index in [0.29, 0.717) is 6.04 Å². The van der Waals surface area contributed by atoms with Crippen LogP contribution >= 0.6 is 15.9 Å². The minimum Gasteiger partial charge on any atom is -0.496 e. The molecule has 1 aromatic carbocycles. The summed E-state index contributed by atoms with van der Waals surface area (Å²) in [5.74, 6) is 0.881. The van der Waals surface area contributed by atoms with Crippen LogP contribution in [-0.4, -0.2) is 26.2 Å². The number of halogens is 1. The van der Waals surface area contributed by atoms with Gasteiger partial charge in [-0.05, 0) is 53.0 Å². The molecule has 1 aromatic rings. The van der Waals surface area contributed by atoms with Crippen molar-refractivity contribution in [3.63, 3.8) is 0 Å². The Kier molecular flexibility index (Phi) is 4.83. The summed E-state index contributed by atoms with van der Waals surface area (Å²) in [6.07, 6.45) is 2.60. The molecule has 0 aliphatic carbocycles. The van der Waals surface area contributed by atoms with E-state index in [-0.39, 0.29) is 0 Å². The van der Waals surface area contributed by atoms with Crippen molar-refractivity contribution in [3.05, 3.63) is 28.2 Å². The van der Waals surface area contributed by atoms with Gasteiger partial charge in [0, 0.05) is 19.1 Å². The second kappa shape index (κ2) is 6.38. The highest BCUT2D eigenvalue weighted by molar-refractivity contribution is 9.10. The highest BCUT2D eigenvalue weighted by atomic mass is 79.9. The molecular formula is C13H19BrN2O. The van der Waals surface area contributed by atoms with Gasteiger partial charge in [0.2, 0.25) is 0 Å². The first kappa shape index (κ1) is 12.9. The van der Waals surface area contributed by atoms with Crippen LogP contribution in [0.25, 0.3) is 0 Å². The smallest absolute Gasteiger partial charge is 0.133 e. The van der Waals surface area contributed by atoms with Gasteiger partial charge in [-0.15, -0.1) is 0 Å². The maximum absolute atomic E-state index is 5.21. The fraction of sp³-hybridized carbons (Fsp3) is 0.538. The third-order valence-corrected chi connectivity index (χ3v) is 3.72. The second-order valence-electron chi connectivity index (χ2n) is 4.39. The predicted molar refractivity (Wildman–Crippen MR) is 73.4 cm³/mol. The monoisotopic (exact) mass is 298 g/mol. The van der Waals surface area contributed by atoms with Gasteiger partial charge in [-0.2, -0.15) is 0 Å². The fourth-order valence-electron chi connectivity index (χ4n) is 2.14. The molecule has 0 radical (unpaired) electrons. The predicted octanol–water partition coefficient (Wildman–Crippen LogP) is 2.30. The Labute approximate surface area is 111 Å². The SMILES string of the molecule is COc1ccc(CNCC2CCCN2)cc1Br. The molecule has 1 saturated heterocycles. The molecule has 1 unspecified atom stereocenters. The van der Waals surface area contributed by atoms with Crippen LogP contribution in [0.5, 0.6) is 5.75 Å². The van der Waals surface area contributed by atoms with Gasteiger partial charge in [-0.3, -0.25) is 0 Å². The van der Waals surface area contributed by atoms with Gasteiger partial charge in [0.25, 0.3) is 0 Å². The van der Waals surface area contributed by atoms with Crippen LogP contribution in [0.3, 0.4) is 0 Å². The van der Waals surface area contributed by atoms with Crippen molar-refractivity contribution >= 4 is 15.9 Å². The summed E-state index contributed by atoms with van der Waals surface area (Å²) in [6, 6.07) is 6.85. The second-order valence-corrected chi connectivity index (χ2v) is 5.25. The Hall–Kier alpha value is -0.580. The average Bonchev–Trinajstić information content (AvgIpc) is 2.82. The van der Waals surface area contributed by atoms with Gasteiger partial charge in [0.05, 0.1) is 11.6 Å². The van der Waals surface area contributed by atoms with E-state index in [1.165, 1.54) is 24.9 Å². The van der Waals surface area contributed by atoms with E-state index in [2.05, 4.69) is 38.7 Å². The zero-order chi connectivity index (χ0) is 12.1. The summed E-state index contributed by atoms with van der Waals surface area (Å²) < 4.78 is 6.22. The van der Waals surface area contributed by atoms with Crippen molar-refractivity contribution in [1.29, 1.82) is 0 Å². The standard InChI is InChI=1S/C13H19BrN2O/c1-17-13-5-4-10(7-12(13)14)8-15-9-11-3-2-6-16-11/h4-5,7,11,15-16H,2-3,6,8-9H2,1H3. The van der Waals surface area contributed by atoms with E-state index in [1.807, 2.05) is 6.07 Å². The molecular weight excluding hydrogens is 280 g/mol. The lowest BCUT2D eigenvalue weighted by atomic mass is 10.2. The normalized spacial score (nSPS) is 19.5. The first-order valence-electron chi connectivity index (χ1n) is 6.06. The van der Waals surface area contributed by atoms with E-state index >= 15 is 0 Å². The van der Waals surface area contributed by atoms with Crippen LogP contribution in [0.15, 0.2) is 22.7 Å². The first-order valence-corrected chi connectivity index (χ1v) is 6.85. The molecule has 1 fully saturated rings. The van der Waals surface area contributed by atoms with Crippen LogP contribution in [0, 0.1) is 0 Å². The minimum atomic E-state index is 0.650. The van der Waals surface area contributed by atoms with E-state index in [9.17, 15) is 0 Å². The highest BCUT2D eigenvalue weighted by Gasteiger charge is 2.12. The van der Waals surface area contributed by atoms with E-state index in [1.54, 1.807) is 7.11 Å². The summed E-state index contributed by atoms with van der Waals surface area (Å²) >= 11 is 3.50. The third kappa shape index (κ3) is 3.69. The van der Waals surface area contributed by atoms with Crippen molar-refractivity contribution in [1.82, 2.24) is 10.6 Å². The molecule has 2 rings (SSSR count). The summed E-state index contributed by atoms with van der Waals surface area (Å²) in [6.45, 7) is 3.12. The molecule has 0 saturated carbocycles.